The summed E-state index contributed by atoms with van der Waals surface area (Å²) in [5, 5.41) is 0. The fraction of sp³-hybridized carbons (Fsp3) is 0.438. The molecule has 0 fully saturated rings. The van der Waals surface area contributed by atoms with Gasteiger partial charge in [0, 0.05) is 17.5 Å². The lowest BCUT2D eigenvalue weighted by molar-refractivity contribution is 0.508. The largest absolute Gasteiger partial charge is 0.383 e. The van der Waals surface area contributed by atoms with Crippen LogP contribution in [0, 0.1) is 12.7 Å². The van der Waals surface area contributed by atoms with Crippen LogP contribution in [0.15, 0.2) is 18.2 Å². The third kappa shape index (κ3) is 2.42. The van der Waals surface area contributed by atoms with Gasteiger partial charge in [0.2, 0.25) is 0 Å². The molecule has 108 valence electrons. The third-order valence-electron chi connectivity index (χ3n) is 3.44. The molecule has 3 nitrogen and oxygen atoms in total. The molecule has 4 heteroatoms. The SMILES string of the molecule is CCn1c(C(C)(C)C)nc(-c2ccc(F)cc2C)c1N. The second-order valence-electron chi connectivity index (χ2n) is 6.12. The summed E-state index contributed by atoms with van der Waals surface area (Å²) >= 11 is 0. The van der Waals surface area contributed by atoms with Gasteiger partial charge in [-0.3, -0.25) is 0 Å². The highest BCUT2D eigenvalue weighted by atomic mass is 19.1. The number of aromatic nitrogens is 2. The molecular formula is C16H22FN3. The Kier molecular flexibility index (Phi) is 3.59. The number of hydrogen-bond donors (Lipinski definition) is 1. The van der Waals surface area contributed by atoms with E-state index >= 15 is 0 Å². The minimum atomic E-state index is -0.240. The number of hydrogen-bond acceptors (Lipinski definition) is 2. The first-order chi connectivity index (χ1) is 9.25. The molecule has 0 unspecified atom stereocenters. The Bertz CT molecular complexity index is 636. The van der Waals surface area contributed by atoms with Crippen molar-refractivity contribution in [2.45, 2.75) is 46.6 Å². The van der Waals surface area contributed by atoms with Gasteiger partial charge in [0.1, 0.15) is 23.2 Å². The number of nitrogen functional groups attached to an aromatic ring is 1. The van der Waals surface area contributed by atoms with Crippen molar-refractivity contribution in [2.75, 3.05) is 5.73 Å². The average molecular weight is 275 g/mol. The van der Waals surface area contributed by atoms with Crippen LogP contribution in [0.5, 0.6) is 0 Å². The van der Waals surface area contributed by atoms with Gasteiger partial charge in [0.15, 0.2) is 0 Å². The van der Waals surface area contributed by atoms with Crippen molar-refractivity contribution >= 4 is 5.82 Å². The quantitative estimate of drug-likeness (QED) is 0.903. The molecule has 0 amide bonds. The van der Waals surface area contributed by atoms with Gasteiger partial charge in [-0.1, -0.05) is 20.8 Å². The van der Waals surface area contributed by atoms with Crippen LogP contribution >= 0.6 is 0 Å². The molecule has 2 aromatic rings. The molecule has 0 aliphatic heterocycles. The minimum Gasteiger partial charge on any atom is -0.383 e. The van der Waals surface area contributed by atoms with Crippen molar-refractivity contribution in [2.24, 2.45) is 0 Å². The Morgan fingerprint density at radius 2 is 1.95 bits per heavy atom. The minimum absolute atomic E-state index is 0.0870. The summed E-state index contributed by atoms with van der Waals surface area (Å²) < 4.78 is 15.3. The van der Waals surface area contributed by atoms with Crippen molar-refractivity contribution in [1.29, 1.82) is 0 Å². The van der Waals surface area contributed by atoms with Gasteiger partial charge in [-0.05, 0) is 37.6 Å². The highest BCUT2D eigenvalue weighted by Gasteiger charge is 2.25. The zero-order valence-corrected chi connectivity index (χ0v) is 12.8. The molecule has 1 aromatic carbocycles. The monoisotopic (exact) mass is 275 g/mol. The van der Waals surface area contributed by atoms with E-state index in [1.54, 1.807) is 6.07 Å². The smallest absolute Gasteiger partial charge is 0.131 e. The van der Waals surface area contributed by atoms with Gasteiger partial charge < -0.3 is 10.3 Å². The Morgan fingerprint density at radius 3 is 2.40 bits per heavy atom. The van der Waals surface area contributed by atoms with Crippen LogP contribution in [0.3, 0.4) is 0 Å². The van der Waals surface area contributed by atoms with E-state index in [0.717, 1.165) is 29.2 Å². The molecule has 0 aliphatic rings. The van der Waals surface area contributed by atoms with E-state index in [4.69, 9.17) is 10.7 Å². The van der Waals surface area contributed by atoms with E-state index in [2.05, 4.69) is 27.7 Å². The van der Waals surface area contributed by atoms with Gasteiger partial charge in [0.25, 0.3) is 0 Å². The predicted molar refractivity (Wildman–Crippen MR) is 81.1 cm³/mol. The molecule has 1 aromatic heterocycles. The second kappa shape index (κ2) is 4.93. The van der Waals surface area contributed by atoms with Crippen molar-refractivity contribution in [3.8, 4) is 11.3 Å². The zero-order valence-electron chi connectivity index (χ0n) is 12.8. The van der Waals surface area contributed by atoms with E-state index in [0.29, 0.717) is 5.82 Å². The highest BCUT2D eigenvalue weighted by Crippen LogP contribution is 2.33. The fourth-order valence-corrected chi connectivity index (χ4v) is 2.45. The molecule has 0 radical (unpaired) electrons. The lowest BCUT2D eigenvalue weighted by Crippen LogP contribution is -2.19. The van der Waals surface area contributed by atoms with E-state index in [1.165, 1.54) is 12.1 Å². The Morgan fingerprint density at radius 1 is 1.30 bits per heavy atom. The maximum Gasteiger partial charge on any atom is 0.131 e. The maximum absolute atomic E-state index is 13.2. The topological polar surface area (TPSA) is 43.8 Å². The van der Waals surface area contributed by atoms with Crippen LogP contribution in [-0.2, 0) is 12.0 Å². The number of aryl methyl sites for hydroxylation is 1. The van der Waals surface area contributed by atoms with E-state index < -0.39 is 0 Å². The molecule has 2 N–H and O–H groups in total. The van der Waals surface area contributed by atoms with Crippen LogP contribution in [0.1, 0.15) is 39.1 Å². The lowest BCUT2D eigenvalue weighted by Gasteiger charge is -2.19. The van der Waals surface area contributed by atoms with Gasteiger partial charge >= 0.3 is 0 Å². The van der Waals surface area contributed by atoms with Crippen molar-refractivity contribution in [3.63, 3.8) is 0 Å². The first-order valence-electron chi connectivity index (χ1n) is 6.88. The summed E-state index contributed by atoms with van der Waals surface area (Å²) in [5.74, 6) is 1.36. The number of nitrogens with zero attached hydrogens (tertiary/aromatic N) is 2. The van der Waals surface area contributed by atoms with Crippen molar-refractivity contribution in [3.05, 3.63) is 35.4 Å². The van der Waals surface area contributed by atoms with Gasteiger partial charge in [-0.15, -0.1) is 0 Å². The summed E-state index contributed by atoms with van der Waals surface area (Å²) in [6.07, 6.45) is 0. The van der Waals surface area contributed by atoms with Crippen molar-refractivity contribution < 1.29 is 4.39 Å². The Labute approximate surface area is 119 Å². The van der Waals surface area contributed by atoms with Gasteiger partial charge in [0.05, 0.1) is 0 Å². The highest BCUT2D eigenvalue weighted by molar-refractivity contribution is 5.73. The fourth-order valence-electron chi connectivity index (χ4n) is 2.45. The summed E-state index contributed by atoms with van der Waals surface area (Å²) in [5.41, 5.74) is 8.65. The third-order valence-corrected chi connectivity index (χ3v) is 3.44. The Balaban J connectivity index is 2.67. The van der Waals surface area contributed by atoms with Crippen molar-refractivity contribution in [1.82, 2.24) is 9.55 Å². The number of halogens is 1. The number of rotatable bonds is 2. The average Bonchev–Trinajstić information content (AvgIpc) is 2.66. The maximum atomic E-state index is 13.2. The Hall–Kier alpha value is -1.84. The number of nitrogens with two attached hydrogens (primary N) is 1. The first-order valence-corrected chi connectivity index (χ1v) is 6.88. The van der Waals surface area contributed by atoms with Gasteiger partial charge in [-0.25, -0.2) is 9.37 Å². The van der Waals surface area contributed by atoms with Crippen LogP contribution in [0.25, 0.3) is 11.3 Å². The first kappa shape index (κ1) is 14.6. The number of imidazole rings is 1. The molecular weight excluding hydrogens is 253 g/mol. The second-order valence-corrected chi connectivity index (χ2v) is 6.12. The zero-order chi connectivity index (χ0) is 15.1. The molecule has 0 atom stereocenters. The molecule has 0 spiro atoms. The summed E-state index contributed by atoms with van der Waals surface area (Å²) in [6, 6.07) is 4.70. The predicted octanol–water partition coefficient (Wildman–Crippen LogP) is 3.90. The van der Waals surface area contributed by atoms with E-state index in [9.17, 15) is 4.39 Å². The molecule has 2 rings (SSSR count). The summed E-state index contributed by atoms with van der Waals surface area (Å²) in [7, 11) is 0. The normalized spacial score (nSPS) is 11.9. The molecule has 20 heavy (non-hydrogen) atoms. The summed E-state index contributed by atoms with van der Waals surface area (Å²) in [6.45, 7) is 11.0. The molecule has 0 saturated heterocycles. The molecule has 0 aliphatic carbocycles. The number of benzene rings is 1. The number of anilines is 1. The van der Waals surface area contributed by atoms with Gasteiger partial charge in [-0.2, -0.15) is 0 Å². The standard InChI is InChI=1S/C16H22FN3/c1-6-20-14(18)13(19-15(20)16(3,4)5)12-8-7-11(17)9-10(12)2/h7-9H,6,18H2,1-5H3. The van der Waals surface area contributed by atoms with Crippen LogP contribution in [0.2, 0.25) is 0 Å². The molecule has 0 saturated carbocycles. The van der Waals surface area contributed by atoms with Crippen LogP contribution in [0.4, 0.5) is 10.2 Å². The summed E-state index contributed by atoms with van der Waals surface area (Å²) in [4.78, 5) is 4.73. The molecule has 1 heterocycles. The van der Waals surface area contributed by atoms with E-state index in [-0.39, 0.29) is 11.2 Å². The lowest BCUT2D eigenvalue weighted by atomic mass is 9.95. The van der Waals surface area contributed by atoms with E-state index in [1.807, 2.05) is 11.5 Å². The van der Waals surface area contributed by atoms with Crippen LogP contribution in [-0.4, -0.2) is 9.55 Å². The van der Waals surface area contributed by atoms with Crippen LogP contribution < -0.4 is 5.73 Å². The molecule has 0 bridgehead atoms.